The standard InChI is InChI=1S/C26H34N2O2/c1-16(2)15-28-8-7-21-22(25(28)30)5-4-6-23(21)27-24(29)17(3)26-12-18-9-19(13-26)11-20(10-18)14-26/h4-8,16-20H,9-15H2,1-3H3,(H,27,29). The third kappa shape index (κ3) is 3.29. The lowest BCUT2D eigenvalue weighted by Gasteiger charge is -2.58. The van der Waals surface area contributed by atoms with Crippen molar-refractivity contribution in [1.82, 2.24) is 4.57 Å². The molecule has 4 nitrogen and oxygen atoms in total. The highest BCUT2D eigenvalue weighted by Gasteiger charge is 2.54. The lowest BCUT2D eigenvalue weighted by Crippen LogP contribution is -2.51. The molecule has 0 aliphatic heterocycles. The molecule has 1 unspecified atom stereocenters. The second-order valence-electron chi connectivity index (χ2n) is 10.9. The first-order valence-corrected chi connectivity index (χ1v) is 11.8. The smallest absolute Gasteiger partial charge is 0.258 e. The van der Waals surface area contributed by atoms with Gasteiger partial charge in [0.15, 0.2) is 0 Å². The topological polar surface area (TPSA) is 51.1 Å². The molecule has 4 heteroatoms. The van der Waals surface area contributed by atoms with Gasteiger partial charge >= 0.3 is 0 Å². The molecule has 4 aliphatic rings. The summed E-state index contributed by atoms with van der Waals surface area (Å²) in [7, 11) is 0. The second-order valence-corrected chi connectivity index (χ2v) is 10.9. The highest BCUT2D eigenvalue weighted by molar-refractivity contribution is 6.02. The first-order valence-electron chi connectivity index (χ1n) is 11.8. The molecule has 160 valence electrons. The Morgan fingerprint density at radius 3 is 2.27 bits per heavy atom. The molecule has 30 heavy (non-hydrogen) atoms. The van der Waals surface area contributed by atoms with Crippen LogP contribution in [0.1, 0.15) is 59.3 Å². The van der Waals surface area contributed by atoms with E-state index >= 15 is 0 Å². The van der Waals surface area contributed by atoms with Gasteiger partial charge in [0.2, 0.25) is 5.91 Å². The van der Waals surface area contributed by atoms with Gasteiger partial charge in [-0.25, -0.2) is 0 Å². The van der Waals surface area contributed by atoms with Crippen molar-refractivity contribution in [2.24, 2.45) is 35.0 Å². The van der Waals surface area contributed by atoms with Crippen LogP contribution in [0.25, 0.3) is 10.8 Å². The second kappa shape index (κ2) is 7.25. The normalized spacial score (nSPS) is 30.7. The van der Waals surface area contributed by atoms with Crippen molar-refractivity contribution in [2.45, 2.75) is 65.8 Å². The van der Waals surface area contributed by atoms with Crippen LogP contribution in [0.15, 0.2) is 35.3 Å². The minimum atomic E-state index is 0.0162. The molecule has 1 amide bonds. The summed E-state index contributed by atoms with van der Waals surface area (Å²) in [4.78, 5) is 26.3. The lowest BCUT2D eigenvalue weighted by atomic mass is 9.46. The van der Waals surface area contributed by atoms with Crippen LogP contribution in [0.3, 0.4) is 0 Å². The van der Waals surface area contributed by atoms with Gasteiger partial charge in [0.1, 0.15) is 0 Å². The maximum Gasteiger partial charge on any atom is 0.258 e. The van der Waals surface area contributed by atoms with Crippen molar-refractivity contribution < 1.29 is 4.79 Å². The van der Waals surface area contributed by atoms with Crippen molar-refractivity contribution in [3.63, 3.8) is 0 Å². The molecule has 2 aromatic rings. The van der Waals surface area contributed by atoms with Crippen molar-refractivity contribution in [2.75, 3.05) is 5.32 Å². The number of anilines is 1. The van der Waals surface area contributed by atoms with E-state index in [1.807, 2.05) is 30.5 Å². The molecular formula is C26H34N2O2. The number of carbonyl (C=O) groups is 1. The Balaban J connectivity index is 1.41. The fourth-order valence-electron chi connectivity index (χ4n) is 7.19. The van der Waals surface area contributed by atoms with Crippen LogP contribution < -0.4 is 10.9 Å². The summed E-state index contributed by atoms with van der Waals surface area (Å²) in [5, 5.41) is 4.73. The molecule has 4 bridgehead atoms. The number of nitrogens with zero attached hydrogens (tertiary/aromatic N) is 1. The predicted molar refractivity (Wildman–Crippen MR) is 121 cm³/mol. The van der Waals surface area contributed by atoms with Crippen LogP contribution in [0.2, 0.25) is 0 Å². The molecule has 0 spiro atoms. The van der Waals surface area contributed by atoms with E-state index in [-0.39, 0.29) is 22.8 Å². The van der Waals surface area contributed by atoms with Crippen molar-refractivity contribution in [3.05, 3.63) is 40.8 Å². The lowest BCUT2D eigenvalue weighted by molar-refractivity contribution is -0.134. The quantitative estimate of drug-likeness (QED) is 0.718. The summed E-state index contributed by atoms with van der Waals surface area (Å²) < 4.78 is 1.77. The van der Waals surface area contributed by atoms with Crippen LogP contribution in [-0.2, 0) is 11.3 Å². The molecular weight excluding hydrogens is 372 g/mol. The number of rotatable bonds is 5. The summed E-state index contributed by atoms with van der Waals surface area (Å²) >= 11 is 0. The maximum atomic E-state index is 13.4. The zero-order valence-electron chi connectivity index (χ0n) is 18.5. The number of fused-ring (bicyclic) bond motifs is 1. The minimum absolute atomic E-state index is 0.0162. The van der Waals surface area contributed by atoms with Crippen molar-refractivity contribution in [3.8, 4) is 0 Å². The molecule has 1 heterocycles. The number of amides is 1. The van der Waals surface area contributed by atoms with Crippen molar-refractivity contribution in [1.29, 1.82) is 0 Å². The van der Waals surface area contributed by atoms with Gasteiger partial charge in [0.25, 0.3) is 5.56 Å². The van der Waals surface area contributed by atoms with Crippen LogP contribution in [0.5, 0.6) is 0 Å². The molecule has 1 aromatic carbocycles. The first kappa shape index (κ1) is 19.8. The van der Waals surface area contributed by atoms with E-state index in [1.54, 1.807) is 4.57 Å². The molecule has 6 rings (SSSR count). The number of nitrogens with one attached hydrogen (secondary N) is 1. The van der Waals surface area contributed by atoms with Gasteiger partial charge in [-0.2, -0.15) is 0 Å². The van der Waals surface area contributed by atoms with Crippen LogP contribution >= 0.6 is 0 Å². The van der Waals surface area contributed by atoms with E-state index in [9.17, 15) is 9.59 Å². The third-order valence-electron chi connectivity index (χ3n) is 8.24. The summed E-state index contributed by atoms with van der Waals surface area (Å²) in [5.41, 5.74) is 0.974. The van der Waals surface area contributed by atoms with Gasteiger partial charge in [-0.1, -0.05) is 26.8 Å². The van der Waals surface area contributed by atoms with Gasteiger partial charge in [-0.3, -0.25) is 9.59 Å². The Bertz CT molecular complexity index is 1000. The molecule has 1 aromatic heterocycles. The monoisotopic (exact) mass is 406 g/mol. The Kier molecular flexibility index (Phi) is 4.79. The van der Waals surface area contributed by atoms with Gasteiger partial charge in [-0.05, 0) is 85.8 Å². The Hall–Kier alpha value is -2.10. The molecule has 4 fully saturated rings. The highest BCUT2D eigenvalue weighted by Crippen LogP contribution is 2.62. The fraction of sp³-hybridized carbons (Fsp3) is 0.615. The van der Waals surface area contributed by atoms with Gasteiger partial charge in [0.05, 0.1) is 0 Å². The molecule has 1 N–H and O–H groups in total. The zero-order valence-corrected chi connectivity index (χ0v) is 18.5. The van der Waals surface area contributed by atoms with Crippen molar-refractivity contribution >= 4 is 22.4 Å². The molecule has 0 saturated heterocycles. The van der Waals surface area contributed by atoms with E-state index in [2.05, 4.69) is 26.1 Å². The van der Waals surface area contributed by atoms with Crippen LogP contribution in [-0.4, -0.2) is 10.5 Å². The Morgan fingerprint density at radius 1 is 1.03 bits per heavy atom. The third-order valence-corrected chi connectivity index (χ3v) is 8.24. The number of hydrogen-bond donors (Lipinski definition) is 1. The number of carbonyl (C=O) groups excluding carboxylic acids is 1. The molecule has 1 atom stereocenters. The Morgan fingerprint density at radius 2 is 1.67 bits per heavy atom. The number of aromatic nitrogens is 1. The maximum absolute atomic E-state index is 13.4. The number of hydrogen-bond acceptors (Lipinski definition) is 2. The number of benzene rings is 1. The number of pyridine rings is 1. The molecule has 4 aliphatic carbocycles. The van der Waals surface area contributed by atoms with Gasteiger partial charge in [0, 0.05) is 35.1 Å². The Labute approximate surface area is 179 Å². The largest absolute Gasteiger partial charge is 0.325 e. The molecule has 0 radical (unpaired) electrons. The van der Waals surface area contributed by atoms with Gasteiger partial charge in [-0.15, -0.1) is 0 Å². The summed E-state index contributed by atoms with van der Waals surface area (Å²) in [6.07, 6.45) is 9.70. The fourth-order valence-corrected chi connectivity index (χ4v) is 7.19. The summed E-state index contributed by atoms with van der Waals surface area (Å²) in [6, 6.07) is 7.66. The van der Waals surface area contributed by atoms with E-state index in [4.69, 9.17) is 0 Å². The van der Waals surface area contributed by atoms with Crippen LogP contribution in [0.4, 0.5) is 5.69 Å². The van der Waals surface area contributed by atoms with E-state index in [0.29, 0.717) is 17.8 Å². The summed E-state index contributed by atoms with van der Waals surface area (Å²) in [5.74, 6) is 3.05. The molecule has 4 saturated carbocycles. The predicted octanol–water partition coefficient (Wildman–Crippen LogP) is 5.45. The van der Waals surface area contributed by atoms with Gasteiger partial charge < -0.3 is 9.88 Å². The average molecular weight is 407 g/mol. The van der Waals surface area contributed by atoms with E-state index in [1.165, 1.54) is 38.5 Å². The SMILES string of the molecule is CC(C)Cn1ccc2c(NC(=O)C(C)C34CC5CC(CC(C5)C3)C4)cccc2c1=O. The highest BCUT2D eigenvalue weighted by atomic mass is 16.2. The average Bonchev–Trinajstić information content (AvgIpc) is 2.68. The zero-order chi connectivity index (χ0) is 21.0. The van der Waals surface area contributed by atoms with E-state index < -0.39 is 0 Å². The first-order chi connectivity index (χ1) is 14.3. The summed E-state index contributed by atoms with van der Waals surface area (Å²) in [6.45, 7) is 7.07. The minimum Gasteiger partial charge on any atom is -0.325 e. The van der Waals surface area contributed by atoms with E-state index in [0.717, 1.165) is 28.8 Å². The van der Waals surface area contributed by atoms with Crippen LogP contribution in [0, 0.1) is 35.0 Å².